The summed E-state index contributed by atoms with van der Waals surface area (Å²) < 4.78 is 35.7. The predicted molar refractivity (Wildman–Crippen MR) is 186 cm³/mol. The molecule has 1 unspecified atom stereocenters. The van der Waals surface area contributed by atoms with Crippen LogP contribution in [-0.2, 0) is 32.6 Å². The number of benzene rings is 4. The van der Waals surface area contributed by atoms with Crippen LogP contribution in [-0.4, -0.2) is 50.9 Å². The van der Waals surface area contributed by atoms with Gasteiger partial charge in [0, 0.05) is 29.0 Å². The summed E-state index contributed by atoms with van der Waals surface area (Å²) in [5.74, 6) is -0.342. The highest BCUT2D eigenvalue weighted by atomic mass is 79.9. The van der Waals surface area contributed by atoms with Crippen molar-refractivity contribution in [3.05, 3.63) is 124 Å². The molecule has 0 saturated heterocycles. The molecule has 0 aliphatic heterocycles. The Morgan fingerprint density at radius 3 is 2.17 bits per heavy atom. The molecule has 0 heterocycles. The molecule has 1 N–H and O–H groups in total. The van der Waals surface area contributed by atoms with E-state index in [1.807, 2.05) is 44.2 Å². The lowest BCUT2D eigenvalue weighted by molar-refractivity contribution is -0.140. The van der Waals surface area contributed by atoms with E-state index in [1.165, 1.54) is 17.0 Å². The third-order valence-corrected chi connectivity index (χ3v) is 9.92. The van der Waals surface area contributed by atoms with Gasteiger partial charge in [-0.25, -0.2) is 8.42 Å². The summed E-state index contributed by atoms with van der Waals surface area (Å²) in [6, 6.07) is 28.3. The molecule has 0 saturated carbocycles. The molecule has 0 radical (unpaired) electrons. The minimum absolute atomic E-state index is 0.00893. The molecule has 4 aromatic carbocycles. The quantitative estimate of drug-likeness (QED) is 0.145. The molecule has 1 atom stereocenters. The number of nitrogens with zero attached hydrogens (tertiary/aromatic N) is 2. The molecule has 0 aromatic heterocycles. The lowest BCUT2D eigenvalue weighted by Gasteiger charge is -2.34. The standard InChI is InChI=1S/C35H37BrClN3O5S/c1-3-22-38-35(42)33(23-26-10-6-5-7-11-26)39(24-27-12-8-9-13-32(27)37)34(41)25-40(29-16-18-30(19-17-29)45-4-2)46(43,44)31-20-14-28(36)15-21-31/h5-21,33H,3-4,22-25H2,1-2H3,(H,38,42). The Morgan fingerprint density at radius 2 is 1.54 bits per heavy atom. The van der Waals surface area contributed by atoms with Gasteiger partial charge < -0.3 is 15.0 Å². The van der Waals surface area contributed by atoms with E-state index in [0.717, 1.165) is 9.87 Å². The van der Waals surface area contributed by atoms with Gasteiger partial charge in [0.15, 0.2) is 0 Å². The van der Waals surface area contributed by atoms with Crippen LogP contribution in [0.5, 0.6) is 5.75 Å². The van der Waals surface area contributed by atoms with Gasteiger partial charge in [0.05, 0.1) is 17.2 Å². The largest absolute Gasteiger partial charge is 0.494 e. The fourth-order valence-electron chi connectivity index (χ4n) is 4.87. The third-order valence-electron chi connectivity index (χ3n) is 7.24. The first-order valence-corrected chi connectivity index (χ1v) is 17.6. The van der Waals surface area contributed by atoms with Gasteiger partial charge in [0.1, 0.15) is 18.3 Å². The molecule has 0 aliphatic rings. The van der Waals surface area contributed by atoms with Crippen molar-refractivity contribution in [1.82, 2.24) is 10.2 Å². The average molecular weight is 727 g/mol. The Balaban J connectivity index is 1.80. The number of hydrogen-bond donors (Lipinski definition) is 1. The highest BCUT2D eigenvalue weighted by Gasteiger charge is 2.35. The SMILES string of the molecule is CCCNC(=O)C(Cc1ccccc1)N(Cc1ccccc1Cl)C(=O)CN(c1ccc(OCC)cc1)S(=O)(=O)c1ccc(Br)cc1. The van der Waals surface area contributed by atoms with Crippen molar-refractivity contribution in [3.63, 3.8) is 0 Å². The number of amides is 2. The van der Waals surface area contributed by atoms with Crippen LogP contribution >= 0.6 is 27.5 Å². The summed E-state index contributed by atoms with van der Waals surface area (Å²) in [5, 5.41) is 3.37. The monoisotopic (exact) mass is 725 g/mol. The molecule has 4 aromatic rings. The third kappa shape index (κ3) is 9.11. The second-order valence-corrected chi connectivity index (χ2v) is 13.7. The van der Waals surface area contributed by atoms with Crippen LogP contribution < -0.4 is 14.4 Å². The van der Waals surface area contributed by atoms with Crippen molar-refractivity contribution in [2.45, 2.75) is 44.2 Å². The molecular formula is C35H37BrClN3O5S. The number of anilines is 1. The van der Waals surface area contributed by atoms with Crippen molar-refractivity contribution in [3.8, 4) is 5.75 Å². The van der Waals surface area contributed by atoms with Crippen LogP contribution in [0.3, 0.4) is 0 Å². The van der Waals surface area contributed by atoms with Gasteiger partial charge in [0.2, 0.25) is 11.8 Å². The molecule has 4 rings (SSSR count). The van der Waals surface area contributed by atoms with Crippen molar-refractivity contribution < 1.29 is 22.7 Å². The van der Waals surface area contributed by atoms with E-state index < -0.39 is 28.5 Å². The number of carbonyl (C=O) groups is 2. The Morgan fingerprint density at radius 1 is 0.891 bits per heavy atom. The number of ether oxygens (including phenoxy) is 1. The summed E-state index contributed by atoms with van der Waals surface area (Å²) >= 11 is 9.90. The Kier molecular flexibility index (Phi) is 12.7. The second-order valence-electron chi connectivity index (χ2n) is 10.5. The number of hydrogen-bond acceptors (Lipinski definition) is 5. The lowest BCUT2D eigenvalue weighted by Crippen LogP contribution is -2.53. The van der Waals surface area contributed by atoms with E-state index in [1.54, 1.807) is 60.7 Å². The summed E-state index contributed by atoms with van der Waals surface area (Å²) in [6.07, 6.45) is 0.925. The highest BCUT2D eigenvalue weighted by molar-refractivity contribution is 9.10. The molecule has 2 amide bonds. The van der Waals surface area contributed by atoms with E-state index in [9.17, 15) is 18.0 Å². The predicted octanol–water partition coefficient (Wildman–Crippen LogP) is 6.86. The lowest BCUT2D eigenvalue weighted by atomic mass is 10.0. The van der Waals surface area contributed by atoms with Gasteiger partial charge in [-0.05, 0) is 79.1 Å². The van der Waals surface area contributed by atoms with Crippen molar-refractivity contribution in [2.24, 2.45) is 0 Å². The zero-order valence-corrected chi connectivity index (χ0v) is 28.9. The number of nitrogens with one attached hydrogen (secondary N) is 1. The van der Waals surface area contributed by atoms with Gasteiger partial charge >= 0.3 is 0 Å². The van der Waals surface area contributed by atoms with Gasteiger partial charge in [-0.2, -0.15) is 0 Å². The van der Waals surface area contributed by atoms with Gasteiger partial charge in [0.25, 0.3) is 10.0 Å². The number of rotatable bonds is 15. The van der Waals surface area contributed by atoms with E-state index in [4.69, 9.17) is 16.3 Å². The average Bonchev–Trinajstić information content (AvgIpc) is 3.06. The minimum atomic E-state index is -4.23. The van der Waals surface area contributed by atoms with Crippen LogP contribution in [0.1, 0.15) is 31.4 Å². The van der Waals surface area contributed by atoms with E-state index in [-0.39, 0.29) is 29.5 Å². The topological polar surface area (TPSA) is 96.0 Å². The van der Waals surface area contributed by atoms with Crippen LogP contribution in [0.4, 0.5) is 5.69 Å². The molecule has 0 spiro atoms. The Labute approximate surface area is 284 Å². The van der Waals surface area contributed by atoms with Crippen LogP contribution in [0, 0.1) is 0 Å². The summed E-state index contributed by atoms with van der Waals surface area (Å²) in [4.78, 5) is 29.7. The molecule has 46 heavy (non-hydrogen) atoms. The molecule has 0 aliphatic carbocycles. The first-order valence-electron chi connectivity index (χ1n) is 15.0. The number of sulfonamides is 1. The van der Waals surface area contributed by atoms with E-state index in [2.05, 4.69) is 21.2 Å². The fourth-order valence-corrected chi connectivity index (χ4v) is 6.74. The summed E-state index contributed by atoms with van der Waals surface area (Å²) in [7, 11) is -4.23. The van der Waals surface area contributed by atoms with Crippen molar-refractivity contribution in [2.75, 3.05) is 24.0 Å². The fraction of sp³-hybridized carbons (Fsp3) is 0.257. The van der Waals surface area contributed by atoms with Crippen LogP contribution in [0.2, 0.25) is 5.02 Å². The van der Waals surface area contributed by atoms with Crippen LogP contribution in [0.15, 0.2) is 112 Å². The van der Waals surface area contributed by atoms with E-state index >= 15 is 0 Å². The summed E-state index contributed by atoms with van der Waals surface area (Å²) in [6.45, 7) is 4.09. The molecule has 11 heteroatoms. The first kappa shape index (κ1) is 35.0. The van der Waals surface area contributed by atoms with Gasteiger partial charge in [-0.1, -0.05) is 83.0 Å². The maximum atomic E-state index is 14.5. The highest BCUT2D eigenvalue weighted by Crippen LogP contribution is 2.28. The zero-order chi connectivity index (χ0) is 33.1. The maximum Gasteiger partial charge on any atom is 0.264 e. The molecule has 0 bridgehead atoms. The normalized spacial score (nSPS) is 11.8. The minimum Gasteiger partial charge on any atom is -0.494 e. The van der Waals surface area contributed by atoms with Crippen molar-refractivity contribution >= 4 is 55.1 Å². The molecule has 0 fully saturated rings. The van der Waals surface area contributed by atoms with E-state index in [0.29, 0.717) is 40.4 Å². The second kappa shape index (κ2) is 16.6. The van der Waals surface area contributed by atoms with Gasteiger partial charge in [-0.15, -0.1) is 0 Å². The number of carbonyl (C=O) groups excluding carboxylic acids is 2. The Hall–Kier alpha value is -3.86. The molecular weight excluding hydrogens is 690 g/mol. The van der Waals surface area contributed by atoms with Gasteiger partial charge in [-0.3, -0.25) is 13.9 Å². The first-order chi connectivity index (χ1) is 22.1. The maximum absolute atomic E-state index is 14.5. The number of halogens is 2. The van der Waals surface area contributed by atoms with Crippen LogP contribution in [0.25, 0.3) is 0 Å². The molecule has 242 valence electrons. The summed E-state index contributed by atoms with van der Waals surface area (Å²) in [5.41, 5.74) is 1.75. The Bertz CT molecular complexity index is 1700. The smallest absolute Gasteiger partial charge is 0.264 e. The zero-order valence-electron chi connectivity index (χ0n) is 25.7. The molecule has 8 nitrogen and oxygen atoms in total. The van der Waals surface area contributed by atoms with Crippen molar-refractivity contribution in [1.29, 1.82) is 0 Å².